The number of carboxylic acid groups (broad SMARTS) is 1. The minimum atomic E-state index is -1.79. The molecule has 32 heavy (non-hydrogen) atoms. The molecule has 2 aliphatic heterocycles. The second kappa shape index (κ2) is 10.1. The van der Waals surface area contributed by atoms with Gasteiger partial charge in [0.05, 0.1) is 17.8 Å². The van der Waals surface area contributed by atoms with Crippen molar-refractivity contribution in [2.75, 3.05) is 6.61 Å². The molecule has 0 bridgehead atoms. The zero-order valence-corrected chi connectivity index (χ0v) is 19.1. The fourth-order valence-corrected chi connectivity index (χ4v) is 3.51. The summed E-state index contributed by atoms with van der Waals surface area (Å²) in [5.74, 6) is -1.51. The third-order valence-electron chi connectivity index (χ3n) is 4.86. The first-order chi connectivity index (χ1) is 14.6. The van der Waals surface area contributed by atoms with Gasteiger partial charge in [-0.15, -0.1) is 0 Å². The van der Waals surface area contributed by atoms with Crippen LogP contribution in [0.3, 0.4) is 0 Å². The third-order valence-corrected chi connectivity index (χ3v) is 4.86. The minimum Gasteiger partial charge on any atom is -0.479 e. The van der Waals surface area contributed by atoms with E-state index >= 15 is 0 Å². The number of aliphatic hydroxyl groups is 5. The molecule has 0 radical (unpaired) electrons. The van der Waals surface area contributed by atoms with Gasteiger partial charge in [0.15, 0.2) is 18.7 Å². The lowest BCUT2D eigenvalue weighted by Crippen LogP contribution is -2.66. The van der Waals surface area contributed by atoms with E-state index in [2.05, 4.69) is 0 Å². The van der Waals surface area contributed by atoms with Gasteiger partial charge < -0.3 is 54.3 Å². The summed E-state index contributed by atoms with van der Waals surface area (Å²) in [6, 6.07) is 0. The van der Waals surface area contributed by atoms with Crippen molar-refractivity contribution >= 4 is 5.97 Å². The van der Waals surface area contributed by atoms with Gasteiger partial charge in [-0.3, -0.25) is 0 Å². The van der Waals surface area contributed by atoms with Crippen LogP contribution in [-0.2, 0) is 28.5 Å². The number of aliphatic carboxylic acids is 1. The molecule has 12 nitrogen and oxygen atoms in total. The van der Waals surface area contributed by atoms with Gasteiger partial charge in [0.1, 0.15) is 42.7 Å². The van der Waals surface area contributed by atoms with Gasteiger partial charge in [-0.2, -0.15) is 0 Å². The van der Waals surface area contributed by atoms with Crippen molar-refractivity contribution in [2.24, 2.45) is 0 Å². The fourth-order valence-electron chi connectivity index (χ4n) is 3.51. The average molecular weight is 468 g/mol. The number of aliphatic hydroxyl groups excluding tert-OH is 5. The molecule has 12 heteroatoms. The highest BCUT2D eigenvalue weighted by molar-refractivity contribution is 5.73. The number of carbonyl (C=O) groups is 1. The molecule has 2 saturated heterocycles. The Morgan fingerprint density at radius 1 is 0.781 bits per heavy atom. The molecule has 0 aromatic heterocycles. The molecule has 10 atom stereocenters. The maximum atomic E-state index is 11.8. The topological polar surface area (TPSA) is 185 Å². The molecule has 0 aromatic rings. The average Bonchev–Trinajstić information content (AvgIpc) is 2.64. The van der Waals surface area contributed by atoms with Crippen molar-refractivity contribution in [3.05, 3.63) is 0 Å². The largest absolute Gasteiger partial charge is 0.479 e. The minimum absolute atomic E-state index is 0.597. The van der Waals surface area contributed by atoms with E-state index in [1.807, 2.05) is 0 Å². The quantitative estimate of drug-likeness (QED) is 0.261. The van der Waals surface area contributed by atoms with Crippen LogP contribution in [0.2, 0.25) is 0 Å². The van der Waals surface area contributed by atoms with Crippen LogP contribution in [0.1, 0.15) is 41.5 Å². The number of ether oxygens (including phenoxy) is 5. The van der Waals surface area contributed by atoms with Crippen LogP contribution in [0.5, 0.6) is 0 Å². The van der Waals surface area contributed by atoms with Crippen molar-refractivity contribution in [1.82, 2.24) is 0 Å². The smallest absolute Gasteiger partial charge is 0.335 e. The van der Waals surface area contributed by atoms with Crippen LogP contribution in [0.15, 0.2) is 0 Å². The molecule has 2 heterocycles. The Hall–Kier alpha value is -0.930. The van der Waals surface area contributed by atoms with Crippen molar-refractivity contribution in [2.45, 2.75) is 114 Å². The molecular formula is C20H36O12. The third kappa shape index (κ3) is 6.56. The second-order valence-corrected chi connectivity index (χ2v) is 9.98. The standard InChI is InChI=1S/C20H36O12/c1-19(2,3)31-13-8(7-21)28-17(11(24)9(13)22)29-14-10(23)12(25)18(32-20(4,5)6)30-15(14)16(26)27/h8-15,17-18,21-25H,7H2,1-6H3,(H,26,27). The van der Waals surface area contributed by atoms with Gasteiger partial charge in [-0.05, 0) is 41.5 Å². The first kappa shape index (κ1) is 27.3. The maximum Gasteiger partial charge on any atom is 0.335 e. The lowest BCUT2D eigenvalue weighted by atomic mass is 9.96. The van der Waals surface area contributed by atoms with Gasteiger partial charge in [0.25, 0.3) is 0 Å². The summed E-state index contributed by atoms with van der Waals surface area (Å²) in [5.41, 5.74) is -1.55. The molecule has 2 fully saturated rings. The monoisotopic (exact) mass is 468 g/mol. The van der Waals surface area contributed by atoms with Crippen molar-refractivity contribution < 1.29 is 59.1 Å². The predicted octanol–water partition coefficient (Wildman–Crippen LogP) is -1.66. The van der Waals surface area contributed by atoms with E-state index in [9.17, 15) is 35.4 Å². The van der Waals surface area contributed by atoms with E-state index in [0.29, 0.717) is 0 Å². The Labute approximate surface area is 186 Å². The van der Waals surface area contributed by atoms with E-state index in [1.165, 1.54) is 0 Å². The normalized spacial score (nSPS) is 41.5. The lowest BCUT2D eigenvalue weighted by Gasteiger charge is -2.47. The predicted molar refractivity (Wildman–Crippen MR) is 106 cm³/mol. The summed E-state index contributed by atoms with van der Waals surface area (Å²) in [5, 5.41) is 61.3. The van der Waals surface area contributed by atoms with E-state index in [4.69, 9.17) is 23.7 Å². The summed E-state index contributed by atoms with van der Waals surface area (Å²) in [6.07, 6.45) is -15.5. The van der Waals surface area contributed by atoms with Crippen molar-refractivity contribution in [1.29, 1.82) is 0 Å². The van der Waals surface area contributed by atoms with Crippen LogP contribution >= 0.6 is 0 Å². The number of hydrogen-bond acceptors (Lipinski definition) is 11. The zero-order valence-electron chi connectivity index (χ0n) is 19.1. The molecule has 0 aromatic carbocycles. The molecule has 188 valence electrons. The van der Waals surface area contributed by atoms with E-state index < -0.39 is 85.2 Å². The van der Waals surface area contributed by atoms with Gasteiger partial charge in [-0.1, -0.05) is 0 Å². The summed E-state index contributed by atoms with van der Waals surface area (Å²) in [7, 11) is 0. The molecule has 0 saturated carbocycles. The Balaban J connectivity index is 2.21. The Morgan fingerprint density at radius 3 is 1.75 bits per heavy atom. The SMILES string of the molecule is CC(C)(C)OC1OC(C(=O)O)C(OC2OC(CO)C(OC(C)(C)C)C(O)C2O)C(O)C1O. The maximum absolute atomic E-state index is 11.8. The van der Waals surface area contributed by atoms with Gasteiger partial charge in [0.2, 0.25) is 0 Å². The van der Waals surface area contributed by atoms with Crippen LogP contribution in [0, 0.1) is 0 Å². The Bertz CT molecular complexity index is 627. The van der Waals surface area contributed by atoms with E-state index in [1.54, 1.807) is 41.5 Å². The number of hydrogen-bond donors (Lipinski definition) is 6. The summed E-state index contributed by atoms with van der Waals surface area (Å²) >= 11 is 0. The molecule has 0 aliphatic carbocycles. The van der Waals surface area contributed by atoms with E-state index in [0.717, 1.165) is 0 Å². The highest BCUT2D eigenvalue weighted by Gasteiger charge is 2.54. The summed E-state index contributed by atoms with van der Waals surface area (Å²) < 4.78 is 27.5. The molecular weight excluding hydrogens is 432 g/mol. The number of carboxylic acids is 1. The van der Waals surface area contributed by atoms with Crippen LogP contribution < -0.4 is 0 Å². The molecule has 2 aliphatic rings. The molecule has 2 rings (SSSR count). The Kier molecular flexibility index (Phi) is 8.65. The highest BCUT2D eigenvalue weighted by atomic mass is 16.7. The summed E-state index contributed by atoms with van der Waals surface area (Å²) in [6.45, 7) is 9.53. The molecule has 6 N–H and O–H groups in total. The van der Waals surface area contributed by atoms with Crippen molar-refractivity contribution in [3.63, 3.8) is 0 Å². The Morgan fingerprint density at radius 2 is 1.28 bits per heavy atom. The lowest BCUT2D eigenvalue weighted by molar-refractivity contribution is -0.365. The molecule has 10 unspecified atom stereocenters. The first-order valence-electron chi connectivity index (χ1n) is 10.4. The number of rotatable bonds is 6. The van der Waals surface area contributed by atoms with Crippen LogP contribution in [0.4, 0.5) is 0 Å². The van der Waals surface area contributed by atoms with Crippen molar-refractivity contribution in [3.8, 4) is 0 Å². The highest BCUT2D eigenvalue weighted by Crippen LogP contribution is 2.32. The fraction of sp³-hybridized carbons (Fsp3) is 0.950. The first-order valence-corrected chi connectivity index (χ1v) is 10.4. The van der Waals surface area contributed by atoms with E-state index in [-0.39, 0.29) is 0 Å². The van der Waals surface area contributed by atoms with Gasteiger partial charge >= 0.3 is 5.97 Å². The summed E-state index contributed by atoms with van der Waals surface area (Å²) in [4.78, 5) is 11.8. The van der Waals surface area contributed by atoms with Gasteiger partial charge in [-0.25, -0.2) is 4.79 Å². The van der Waals surface area contributed by atoms with Gasteiger partial charge in [0, 0.05) is 0 Å². The second-order valence-electron chi connectivity index (χ2n) is 9.98. The van der Waals surface area contributed by atoms with Crippen LogP contribution in [-0.4, -0.2) is 116 Å². The zero-order chi connectivity index (χ0) is 24.6. The molecule has 0 amide bonds. The molecule has 0 spiro atoms. The van der Waals surface area contributed by atoms with Crippen LogP contribution in [0.25, 0.3) is 0 Å².